The minimum atomic E-state index is -2.87. The summed E-state index contributed by atoms with van der Waals surface area (Å²) < 4.78 is 16.4. The van der Waals surface area contributed by atoms with E-state index in [9.17, 15) is 4.57 Å². The van der Waals surface area contributed by atoms with Crippen LogP contribution in [0.5, 0.6) is 0 Å². The average Bonchev–Trinajstić information content (AvgIpc) is 2.67. The zero-order chi connectivity index (χ0) is 16.8. The molecule has 0 aromatic heterocycles. The maximum Gasteiger partial charge on any atom is 0.207 e. The highest BCUT2D eigenvalue weighted by molar-refractivity contribution is 7.76. The molecule has 3 aromatic rings. The fourth-order valence-corrected chi connectivity index (χ4v) is 5.81. The molecular weight excluding hydrogens is 313 g/mol. The van der Waals surface area contributed by atoms with Crippen LogP contribution in [-0.4, -0.2) is 11.2 Å². The summed E-state index contributed by atoms with van der Waals surface area (Å²) in [6, 6.07) is 29.9. The van der Waals surface area contributed by atoms with E-state index in [4.69, 9.17) is 0 Å². The molecule has 0 aliphatic heterocycles. The van der Waals surface area contributed by atoms with Gasteiger partial charge in [0.2, 0.25) is 7.29 Å². The first kappa shape index (κ1) is 16.7. The van der Waals surface area contributed by atoms with Gasteiger partial charge in [-0.25, -0.2) is 4.67 Å². The van der Waals surface area contributed by atoms with Gasteiger partial charge in [0.05, 0.1) is 0 Å². The van der Waals surface area contributed by atoms with E-state index < -0.39 is 7.29 Å². The van der Waals surface area contributed by atoms with Crippen molar-refractivity contribution in [2.75, 3.05) is 6.54 Å². The van der Waals surface area contributed by atoms with Crippen LogP contribution >= 0.6 is 7.29 Å². The summed E-state index contributed by atoms with van der Waals surface area (Å²) in [5.41, 5.74) is 1.17. The Morgan fingerprint density at radius 3 is 1.54 bits per heavy atom. The van der Waals surface area contributed by atoms with E-state index in [-0.39, 0.29) is 0 Å². The van der Waals surface area contributed by atoms with E-state index in [1.54, 1.807) is 0 Å². The Labute approximate surface area is 144 Å². The lowest BCUT2D eigenvalue weighted by molar-refractivity contribution is 0.435. The topological polar surface area (TPSA) is 20.3 Å². The van der Waals surface area contributed by atoms with Crippen molar-refractivity contribution >= 4 is 17.9 Å². The van der Waals surface area contributed by atoms with Crippen molar-refractivity contribution in [3.8, 4) is 0 Å². The first-order valence-corrected chi connectivity index (χ1v) is 9.91. The summed E-state index contributed by atoms with van der Waals surface area (Å²) in [7, 11) is -2.87. The van der Waals surface area contributed by atoms with Crippen LogP contribution in [0.25, 0.3) is 0 Å². The molecule has 0 bridgehead atoms. The van der Waals surface area contributed by atoms with Crippen molar-refractivity contribution in [1.82, 2.24) is 4.67 Å². The average molecular weight is 335 g/mol. The summed E-state index contributed by atoms with van der Waals surface area (Å²) in [5, 5.41) is 1.77. The highest BCUT2D eigenvalue weighted by Crippen LogP contribution is 2.48. The third-order valence-electron chi connectivity index (χ3n) is 4.18. The molecule has 0 heterocycles. The molecule has 0 saturated carbocycles. The van der Waals surface area contributed by atoms with Crippen LogP contribution in [0, 0.1) is 0 Å². The third-order valence-corrected chi connectivity index (χ3v) is 7.40. The Morgan fingerprint density at radius 1 is 0.708 bits per heavy atom. The lowest BCUT2D eigenvalue weighted by atomic mass is 10.2. The van der Waals surface area contributed by atoms with Crippen molar-refractivity contribution < 1.29 is 4.57 Å². The van der Waals surface area contributed by atoms with E-state index >= 15 is 0 Å². The van der Waals surface area contributed by atoms with Crippen LogP contribution in [0.15, 0.2) is 91.0 Å². The molecule has 3 heteroatoms. The quantitative estimate of drug-likeness (QED) is 0.621. The minimum absolute atomic E-state index is 0.665. The van der Waals surface area contributed by atoms with Crippen LogP contribution in [0.4, 0.5) is 0 Å². The molecule has 0 aliphatic carbocycles. The van der Waals surface area contributed by atoms with Gasteiger partial charge in [-0.3, -0.25) is 4.57 Å². The van der Waals surface area contributed by atoms with E-state index in [1.165, 1.54) is 5.56 Å². The van der Waals surface area contributed by atoms with Crippen LogP contribution in [0.1, 0.15) is 12.5 Å². The molecule has 0 saturated heterocycles. The number of rotatable bonds is 6. The second-order valence-corrected chi connectivity index (χ2v) is 8.46. The zero-order valence-electron chi connectivity index (χ0n) is 13.9. The highest BCUT2D eigenvalue weighted by atomic mass is 31.2. The molecule has 0 fully saturated rings. The maximum absolute atomic E-state index is 14.3. The first-order chi connectivity index (χ1) is 11.7. The van der Waals surface area contributed by atoms with Crippen molar-refractivity contribution in [2.45, 2.75) is 13.5 Å². The van der Waals surface area contributed by atoms with Crippen LogP contribution < -0.4 is 10.6 Å². The fraction of sp³-hybridized carbons (Fsp3) is 0.143. The number of nitrogens with zero attached hydrogens (tertiary/aromatic N) is 1. The van der Waals surface area contributed by atoms with Gasteiger partial charge in [-0.15, -0.1) is 0 Å². The second-order valence-electron chi connectivity index (χ2n) is 5.71. The molecule has 122 valence electrons. The van der Waals surface area contributed by atoms with Gasteiger partial charge < -0.3 is 0 Å². The molecule has 0 atom stereocenters. The Morgan fingerprint density at radius 2 is 1.12 bits per heavy atom. The molecule has 3 aromatic carbocycles. The summed E-state index contributed by atoms with van der Waals surface area (Å²) in [4.78, 5) is 0. The minimum Gasteiger partial charge on any atom is -0.296 e. The van der Waals surface area contributed by atoms with Crippen molar-refractivity contribution in [3.05, 3.63) is 96.6 Å². The van der Waals surface area contributed by atoms with Gasteiger partial charge in [0.25, 0.3) is 0 Å². The molecule has 0 N–H and O–H groups in total. The van der Waals surface area contributed by atoms with Crippen molar-refractivity contribution in [3.63, 3.8) is 0 Å². The van der Waals surface area contributed by atoms with Gasteiger partial charge in [-0.1, -0.05) is 73.7 Å². The highest BCUT2D eigenvalue weighted by Gasteiger charge is 2.33. The van der Waals surface area contributed by atoms with Crippen LogP contribution in [-0.2, 0) is 11.1 Å². The monoisotopic (exact) mass is 335 g/mol. The third kappa shape index (κ3) is 3.36. The van der Waals surface area contributed by atoms with Gasteiger partial charge in [0, 0.05) is 23.7 Å². The van der Waals surface area contributed by atoms with Crippen LogP contribution in [0.3, 0.4) is 0 Å². The zero-order valence-corrected chi connectivity index (χ0v) is 14.8. The Bertz CT molecular complexity index is 760. The predicted octanol–water partition coefficient (Wildman–Crippen LogP) is 4.44. The normalized spacial score (nSPS) is 11.6. The fourth-order valence-electron chi connectivity index (χ4n) is 2.94. The lowest BCUT2D eigenvalue weighted by Crippen LogP contribution is -2.32. The molecule has 2 nitrogen and oxygen atoms in total. The van der Waals surface area contributed by atoms with Crippen molar-refractivity contribution in [2.24, 2.45) is 0 Å². The number of hydrogen-bond acceptors (Lipinski definition) is 1. The van der Waals surface area contributed by atoms with Crippen LogP contribution in [0.2, 0.25) is 0 Å². The van der Waals surface area contributed by atoms with Gasteiger partial charge in [-0.2, -0.15) is 0 Å². The van der Waals surface area contributed by atoms with Gasteiger partial charge in [0.15, 0.2) is 0 Å². The summed E-state index contributed by atoms with van der Waals surface area (Å²) in [5.74, 6) is 0. The summed E-state index contributed by atoms with van der Waals surface area (Å²) >= 11 is 0. The Balaban J connectivity index is 2.08. The molecule has 0 unspecified atom stereocenters. The second kappa shape index (κ2) is 7.61. The summed E-state index contributed by atoms with van der Waals surface area (Å²) in [6.45, 7) is 3.45. The van der Waals surface area contributed by atoms with E-state index in [0.717, 1.165) is 17.2 Å². The lowest BCUT2D eigenvalue weighted by Gasteiger charge is -2.31. The SMILES string of the molecule is CCN(Cc1ccccc1)P(=O)(c1ccccc1)c1ccccc1. The molecular formula is C21H22NOP. The molecule has 24 heavy (non-hydrogen) atoms. The van der Waals surface area contributed by atoms with Gasteiger partial charge >= 0.3 is 0 Å². The summed E-state index contributed by atoms with van der Waals surface area (Å²) in [6.07, 6.45) is 0. The Kier molecular flexibility index (Phi) is 5.30. The molecule has 3 rings (SSSR count). The molecule has 0 aliphatic rings. The van der Waals surface area contributed by atoms with Crippen molar-refractivity contribution in [1.29, 1.82) is 0 Å². The smallest absolute Gasteiger partial charge is 0.207 e. The van der Waals surface area contributed by atoms with E-state index in [0.29, 0.717) is 6.54 Å². The van der Waals surface area contributed by atoms with Gasteiger partial charge in [-0.05, 0) is 29.8 Å². The van der Waals surface area contributed by atoms with E-state index in [2.05, 4.69) is 23.7 Å². The largest absolute Gasteiger partial charge is 0.296 e. The predicted molar refractivity (Wildman–Crippen MR) is 102 cm³/mol. The maximum atomic E-state index is 14.3. The number of benzene rings is 3. The molecule has 0 radical (unpaired) electrons. The standard InChI is InChI=1S/C21H22NOP/c1-2-22(18-19-12-6-3-7-13-19)24(23,20-14-8-4-9-15-20)21-16-10-5-11-17-21/h3-17H,2,18H2,1H3. The molecule has 0 spiro atoms. The Hall–Kier alpha value is -2.15. The van der Waals surface area contributed by atoms with E-state index in [1.807, 2.05) is 78.9 Å². The first-order valence-electron chi connectivity index (χ1n) is 8.25. The van der Waals surface area contributed by atoms with Gasteiger partial charge in [0.1, 0.15) is 0 Å². The number of hydrogen-bond donors (Lipinski definition) is 0. The molecule has 0 amide bonds.